The first-order chi connectivity index (χ1) is 6.16. The van der Waals surface area contributed by atoms with Crippen LogP contribution in [0.15, 0.2) is 12.1 Å². The van der Waals surface area contributed by atoms with Crippen LogP contribution in [0.4, 0.5) is 0 Å². The maximum Gasteiger partial charge on any atom is 0.111 e. The van der Waals surface area contributed by atoms with Crippen LogP contribution < -0.4 is 5.73 Å². The maximum absolute atomic E-state index is 8.65. The molecule has 0 spiro atoms. The van der Waals surface area contributed by atoms with Gasteiger partial charge in [0.15, 0.2) is 0 Å². The molecule has 1 aromatic rings. The first-order valence-corrected chi connectivity index (χ1v) is 4.73. The lowest BCUT2D eigenvalue weighted by Crippen LogP contribution is -2.32. The second-order valence-electron chi connectivity index (χ2n) is 2.91. The van der Waals surface area contributed by atoms with Gasteiger partial charge in [0.2, 0.25) is 0 Å². The number of hydrogen-bond acceptors (Lipinski definition) is 4. The zero-order chi connectivity index (χ0) is 9.90. The van der Waals surface area contributed by atoms with Gasteiger partial charge in [-0.2, -0.15) is 5.26 Å². The van der Waals surface area contributed by atoms with Crippen LogP contribution in [0.1, 0.15) is 16.7 Å². The summed E-state index contributed by atoms with van der Waals surface area (Å²) in [7, 11) is 1.62. The lowest BCUT2D eigenvalue weighted by atomic mass is 10.1. The molecule has 13 heavy (non-hydrogen) atoms. The third-order valence-corrected chi connectivity index (χ3v) is 3.31. The van der Waals surface area contributed by atoms with Gasteiger partial charge in [0.05, 0.1) is 0 Å². The van der Waals surface area contributed by atoms with Gasteiger partial charge in [-0.05, 0) is 19.1 Å². The Morgan fingerprint density at radius 3 is 2.77 bits per heavy atom. The number of nitrogens with zero attached hydrogens (tertiary/aromatic N) is 1. The van der Waals surface area contributed by atoms with Crippen molar-refractivity contribution in [2.45, 2.75) is 12.5 Å². The van der Waals surface area contributed by atoms with Crippen LogP contribution in [0, 0.1) is 11.3 Å². The van der Waals surface area contributed by atoms with Crippen molar-refractivity contribution in [3.63, 3.8) is 0 Å². The summed E-state index contributed by atoms with van der Waals surface area (Å²) in [5, 5.41) is 8.65. The van der Waals surface area contributed by atoms with E-state index in [1.807, 2.05) is 13.0 Å². The summed E-state index contributed by atoms with van der Waals surface area (Å²) in [6.45, 7) is 2.33. The topological polar surface area (TPSA) is 59.0 Å². The molecule has 1 rings (SSSR count). The molecule has 0 aliphatic carbocycles. The number of nitrogens with two attached hydrogens (primary N) is 1. The Morgan fingerprint density at radius 1 is 1.69 bits per heavy atom. The molecule has 0 fully saturated rings. The number of thiophene rings is 1. The van der Waals surface area contributed by atoms with Gasteiger partial charge in [0.25, 0.3) is 0 Å². The maximum atomic E-state index is 8.65. The van der Waals surface area contributed by atoms with Crippen LogP contribution in [-0.4, -0.2) is 13.7 Å². The average molecular weight is 196 g/mol. The summed E-state index contributed by atoms with van der Waals surface area (Å²) in [5.74, 6) is 0. The van der Waals surface area contributed by atoms with Crippen molar-refractivity contribution < 1.29 is 4.74 Å². The SMILES string of the molecule is COC(C)(CN)c1ccc(C#N)s1. The first kappa shape index (κ1) is 10.2. The average Bonchev–Trinajstić information content (AvgIpc) is 2.65. The van der Waals surface area contributed by atoms with Crippen molar-refractivity contribution in [1.29, 1.82) is 5.26 Å². The summed E-state index contributed by atoms with van der Waals surface area (Å²) in [5.41, 5.74) is 5.14. The van der Waals surface area contributed by atoms with Gasteiger partial charge < -0.3 is 10.5 Å². The predicted octanol–water partition coefficient (Wildman–Crippen LogP) is 1.44. The molecule has 0 radical (unpaired) electrons. The van der Waals surface area contributed by atoms with Gasteiger partial charge in [-0.1, -0.05) is 0 Å². The van der Waals surface area contributed by atoms with E-state index in [2.05, 4.69) is 6.07 Å². The molecular weight excluding hydrogens is 184 g/mol. The number of hydrogen-bond donors (Lipinski definition) is 1. The largest absolute Gasteiger partial charge is 0.372 e. The third kappa shape index (κ3) is 1.89. The van der Waals surface area contributed by atoms with Crippen molar-refractivity contribution in [3.8, 4) is 6.07 Å². The summed E-state index contributed by atoms with van der Waals surface area (Å²) >= 11 is 1.42. The van der Waals surface area contributed by atoms with Crippen molar-refractivity contribution in [2.24, 2.45) is 5.73 Å². The molecule has 0 saturated carbocycles. The molecule has 1 heterocycles. The Labute approximate surface area is 81.7 Å². The molecule has 1 atom stereocenters. The van der Waals surface area contributed by atoms with Crippen molar-refractivity contribution in [2.75, 3.05) is 13.7 Å². The summed E-state index contributed by atoms with van der Waals surface area (Å²) in [4.78, 5) is 1.68. The molecule has 0 aliphatic heterocycles. The highest BCUT2D eigenvalue weighted by Gasteiger charge is 2.26. The second kappa shape index (κ2) is 3.88. The Hall–Kier alpha value is -0.890. The molecule has 0 amide bonds. The van der Waals surface area contributed by atoms with Crippen molar-refractivity contribution in [3.05, 3.63) is 21.9 Å². The van der Waals surface area contributed by atoms with Crippen LogP contribution >= 0.6 is 11.3 Å². The Kier molecular flexibility index (Phi) is 3.04. The molecule has 2 N–H and O–H groups in total. The smallest absolute Gasteiger partial charge is 0.111 e. The quantitative estimate of drug-likeness (QED) is 0.795. The van der Waals surface area contributed by atoms with Crippen LogP contribution in [-0.2, 0) is 10.3 Å². The van der Waals surface area contributed by atoms with Crippen LogP contribution in [0.25, 0.3) is 0 Å². The molecule has 1 unspecified atom stereocenters. The zero-order valence-corrected chi connectivity index (χ0v) is 8.52. The van der Waals surface area contributed by atoms with E-state index in [9.17, 15) is 0 Å². The van der Waals surface area contributed by atoms with Crippen molar-refractivity contribution >= 4 is 11.3 Å². The van der Waals surface area contributed by atoms with E-state index in [1.165, 1.54) is 11.3 Å². The van der Waals surface area contributed by atoms with Gasteiger partial charge >= 0.3 is 0 Å². The number of rotatable bonds is 3. The fourth-order valence-corrected chi connectivity index (χ4v) is 1.90. The molecule has 4 heteroatoms. The monoisotopic (exact) mass is 196 g/mol. The highest BCUT2D eigenvalue weighted by Crippen LogP contribution is 2.29. The van der Waals surface area contributed by atoms with Gasteiger partial charge in [-0.3, -0.25) is 0 Å². The Bertz CT molecular complexity index is 323. The number of nitriles is 1. The molecule has 3 nitrogen and oxygen atoms in total. The molecular formula is C9H12N2OS. The van der Waals surface area contributed by atoms with E-state index in [-0.39, 0.29) is 0 Å². The number of methoxy groups -OCH3 is 1. The van der Waals surface area contributed by atoms with Crippen LogP contribution in [0.2, 0.25) is 0 Å². The standard InChI is InChI=1S/C9H12N2OS/c1-9(6-11,12-2)8-4-3-7(5-10)13-8/h3-4H,6,11H2,1-2H3. The molecule has 0 aliphatic rings. The summed E-state index contributed by atoms with van der Waals surface area (Å²) in [6, 6.07) is 5.76. The Balaban J connectivity index is 3.00. The van der Waals surface area contributed by atoms with E-state index >= 15 is 0 Å². The normalized spacial score (nSPS) is 14.9. The van der Waals surface area contributed by atoms with Gasteiger partial charge in [0.1, 0.15) is 16.5 Å². The van der Waals surface area contributed by atoms with E-state index in [0.717, 1.165) is 4.88 Å². The molecule has 1 aromatic heterocycles. The minimum Gasteiger partial charge on any atom is -0.372 e. The molecule has 0 aromatic carbocycles. The van der Waals surface area contributed by atoms with Gasteiger partial charge in [-0.15, -0.1) is 11.3 Å². The van der Waals surface area contributed by atoms with Gasteiger partial charge in [-0.25, -0.2) is 0 Å². The van der Waals surface area contributed by atoms with Crippen molar-refractivity contribution in [1.82, 2.24) is 0 Å². The summed E-state index contributed by atoms with van der Waals surface area (Å²) < 4.78 is 5.31. The fourth-order valence-electron chi connectivity index (χ4n) is 0.967. The second-order valence-corrected chi connectivity index (χ2v) is 4.00. The Morgan fingerprint density at radius 2 is 2.38 bits per heavy atom. The highest BCUT2D eigenvalue weighted by atomic mass is 32.1. The lowest BCUT2D eigenvalue weighted by Gasteiger charge is -2.24. The van der Waals surface area contributed by atoms with Crippen LogP contribution in [0.5, 0.6) is 0 Å². The van der Waals surface area contributed by atoms with Gasteiger partial charge in [0, 0.05) is 18.5 Å². The predicted molar refractivity (Wildman–Crippen MR) is 52.4 cm³/mol. The summed E-state index contributed by atoms with van der Waals surface area (Å²) in [6.07, 6.45) is 0. The van der Waals surface area contributed by atoms with Crippen LogP contribution in [0.3, 0.4) is 0 Å². The zero-order valence-electron chi connectivity index (χ0n) is 7.70. The number of ether oxygens (including phenoxy) is 1. The molecule has 0 bridgehead atoms. The first-order valence-electron chi connectivity index (χ1n) is 3.92. The molecule has 70 valence electrons. The van der Waals surface area contributed by atoms with E-state index in [0.29, 0.717) is 11.4 Å². The third-order valence-electron chi connectivity index (χ3n) is 2.08. The minimum absolute atomic E-state index is 0.412. The highest BCUT2D eigenvalue weighted by molar-refractivity contribution is 7.12. The fraction of sp³-hybridized carbons (Fsp3) is 0.444. The molecule has 0 saturated heterocycles. The lowest BCUT2D eigenvalue weighted by molar-refractivity contribution is 0.0132. The minimum atomic E-state index is -0.459. The van der Waals surface area contributed by atoms with E-state index < -0.39 is 5.60 Å². The van der Waals surface area contributed by atoms with E-state index in [4.69, 9.17) is 15.7 Å². The van der Waals surface area contributed by atoms with E-state index in [1.54, 1.807) is 13.2 Å².